The van der Waals surface area contributed by atoms with Crippen molar-refractivity contribution in [1.29, 1.82) is 5.26 Å². The van der Waals surface area contributed by atoms with Crippen molar-refractivity contribution in [2.45, 2.75) is 35.4 Å². The maximum absolute atomic E-state index is 10.3. The van der Waals surface area contributed by atoms with Gasteiger partial charge in [0.05, 0.1) is 29.6 Å². The summed E-state index contributed by atoms with van der Waals surface area (Å²) in [5.41, 5.74) is 1.66. The molecule has 2 aromatic rings. The van der Waals surface area contributed by atoms with Crippen molar-refractivity contribution in [2.75, 3.05) is 6.61 Å². The van der Waals surface area contributed by atoms with Gasteiger partial charge in [0.2, 0.25) is 0 Å². The standard InChI is InChI=1S/C20H21NO5S/c21-10-13-7-5-12(6-8-13)9-14-3-1-2-4-15(14)26-20-19(25)18(24)17(23)16(11-22)27-20/h1-8,16-20,22-25H,9,11H2/t16-,17+,18-,19+,20-/m0/s1. The van der Waals surface area contributed by atoms with E-state index in [9.17, 15) is 20.4 Å². The van der Waals surface area contributed by atoms with Crippen LogP contribution >= 0.6 is 11.8 Å². The first-order chi connectivity index (χ1) is 13.0. The van der Waals surface area contributed by atoms with Gasteiger partial charge in [0.25, 0.3) is 0 Å². The van der Waals surface area contributed by atoms with Crippen molar-refractivity contribution < 1.29 is 25.2 Å². The van der Waals surface area contributed by atoms with Gasteiger partial charge in [0.1, 0.15) is 18.0 Å². The fourth-order valence-corrected chi connectivity index (χ4v) is 4.21. The summed E-state index contributed by atoms with van der Waals surface area (Å²) >= 11 is 1.10. The Bertz CT molecular complexity index is 805. The summed E-state index contributed by atoms with van der Waals surface area (Å²) in [7, 11) is 0. The van der Waals surface area contributed by atoms with Crippen molar-refractivity contribution in [3.63, 3.8) is 0 Å². The molecule has 1 saturated heterocycles. The van der Waals surface area contributed by atoms with Crippen LogP contribution in [0, 0.1) is 11.3 Å². The second-order valence-corrected chi connectivity index (χ2v) is 7.75. The van der Waals surface area contributed by atoms with Crippen LogP contribution in [-0.4, -0.2) is 56.0 Å². The molecule has 142 valence electrons. The Morgan fingerprint density at radius 2 is 1.67 bits per heavy atom. The van der Waals surface area contributed by atoms with Crippen molar-refractivity contribution >= 4 is 11.8 Å². The van der Waals surface area contributed by atoms with Crippen molar-refractivity contribution in [3.05, 3.63) is 65.2 Å². The van der Waals surface area contributed by atoms with E-state index in [4.69, 9.17) is 10.00 Å². The van der Waals surface area contributed by atoms with E-state index < -0.39 is 29.0 Å². The molecule has 5 atom stereocenters. The second-order valence-electron chi connectivity index (χ2n) is 6.41. The number of nitriles is 1. The van der Waals surface area contributed by atoms with Crippen molar-refractivity contribution in [2.24, 2.45) is 0 Å². The van der Waals surface area contributed by atoms with Gasteiger partial charge in [-0.05, 0) is 29.3 Å². The molecule has 0 bridgehead atoms. The highest BCUT2D eigenvalue weighted by Gasteiger charge is 2.44. The van der Waals surface area contributed by atoms with Gasteiger partial charge in [-0.3, -0.25) is 0 Å². The molecule has 1 aliphatic heterocycles. The van der Waals surface area contributed by atoms with Gasteiger partial charge < -0.3 is 25.2 Å². The Kier molecular flexibility index (Phi) is 6.37. The lowest BCUT2D eigenvalue weighted by molar-refractivity contribution is -0.0910. The molecule has 1 fully saturated rings. The fourth-order valence-electron chi connectivity index (χ4n) is 2.97. The van der Waals surface area contributed by atoms with Gasteiger partial charge in [-0.25, -0.2) is 0 Å². The van der Waals surface area contributed by atoms with Gasteiger partial charge in [-0.2, -0.15) is 5.26 Å². The maximum Gasteiger partial charge on any atom is 0.173 e. The Morgan fingerprint density at radius 3 is 2.33 bits per heavy atom. The molecular formula is C20H21NO5S. The maximum atomic E-state index is 10.3. The first-order valence-corrected chi connectivity index (χ1v) is 9.52. The van der Waals surface area contributed by atoms with Gasteiger partial charge in [-0.1, -0.05) is 30.3 Å². The summed E-state index contributed by atoms with van der Waals surface area (Å²) in [6, 6.07) is 16.7. The van der Waals surface area contributed by atoms with Gasteiger partial charge in [-0.15, -0.1) is 11.8 Å². The quantitative estimate of drug-likeness (QED) is 0.606. The fraction of sp³-hybridized carbons (Fsp3) is 0.350. The number of thioether (sulfide) groups is 1. The number of aliphatic hydroxyl groups excluding tert-OH is 4. The largest absolute Gasteiger partial charge is 0.477 e. The molecule has 0 radical (unpaired) electrons. The summed E-state index contributed by atoms with van der Waals surface area (Å²) in [6.45, 7) is -0.331. The van der Waals surface area contributed by atoms with Crippen LogP contribution in [0.15, 0.2) is 48.5 Å². The monoisotopic (exact) mass is 387 g/mol. The van der Waals surface area contributed by atoms with E-state index in [-0.39, 0.29) is 6.61 Å². The minimum absolute atomic E-state index is 0.331. The third kappa shape index (κ3) is 4.43. The van der Waals surface area contributed by atoms with Gasteiger partial charge >= 0.3 is 0 Å². The number of benzene rings is 2. The first kappa shape index (κ1) is 19.7. The van der Waals surface area contributed by atoms with Crippen LogP contribution in [0.5, 0.6) is 5.75 Å². The number of aliphatic hydroxyl groups is 4. The summed E-state index contributed by atoms with van der Waals surface area (Å²) < 4.78 is 5.95. The van der Waals surface area contributed by atoms with Crippen LogP contribution in [-0.2, 0) is 6.42 Å². The number of hydrogen-bond donors (Lipinski definition) is 4. The average Bonchev–Trinajstić information content (AvgIpc) is 2.70. The van der Waals surface area contributed by atoms with Crippen LogP contribution in [0.3, 0.4) is 0 Å². The molecule has 1 heterocycles. The molecule has 2 aromatic carbocycles. The molecule has 0 amide bonds. The van der Waals surface area contributed by atoms with E-state index in [0.717, 1.165) is 22.9 Å². The molecule has 0 saturated carbocycles. The highest BCUT2D eigenvalue weighted by atomic mass is 32.2. The number of rotatable bonds is 5. The van der Waals surface area contributed by atoms with E-state index in [0.29, 0.717) is 17.7 Å². The van der Waals surface area contributed by atoms with Crippen LogP contribution < -0.4 is 4.74 Å². The molecule has 0 spiro atoms. The van der Waals surface area contributed by atoms with E-state index >= 15 is 0 Å². The number of ether oxygens (including phenoxy) is 1. The molecule has 0 aliphatic carbocycles. The highest BCUT2D eigenvalue weighted by molar-refractivity contribution is 8.00. The normalized spacial score (nSPS) is 27.7. The summed E-state index contributed by atoms with van der Waals surface area (Å²) in [6.07, 6.45) is -3.32. The molecule has 4 N–H and O–H groups in total. The molecule has 0 unspecified atom stereocenters. The molecular weight excluding hydrogens is 366 g/mol. The molecule has 27 heavy (non-hydrogen) atoms. The average molecular weight is 387 g/mol. The molecule has 7 heteroatoms. The Balaban J connectivity index is 1.78. The Labute approximate surface area is 161 Å². The third-order valence-corrected chi connectivity index (χ3v) is 5.96. The topological polar surface area (TPSA) is 114 Å². The van der Waals surface area contributed by atoms with Gasteiger partial charge in [0.15, 0.2) is 5.44 Å². The van der Waals surface area contributed by atoms with E-state index in [1.807, 2.05) is 30.3 Å². The lowest BCUT2D eigenvalue weighted by Gasteiger charge is -2.39. The number of hydrogen-bond acceptors (Lipinski definition) is 7. The molecule has 6 nitrogen and oxygen atoms in total. The Morgan fingerprint density at radius 1 is 0.963 bits per heavy atom. The molecule has 1 aliphatic rings. The lowest BCUT2D eigenvalue weighted by atomic mass is 10.0. The minimum atomic E-state index is -1.39. The zero-order chi connectivity index (χ0) is 19.4. The summed E-state index contributed by atoms with van der Waals surface area (Å²) in [5.74, 6) is 0.554. The summed E-state index contributed by atoms with van der Waals surface area (Å²) in [4.78, 5) is 0. The van der Waals surface area contributed by atoms with Crippen LogP contribution in [0.4, 0.5) is 0 Å². The van der Waals surface area contributed by atoms with Crippen LogP contribution in [0.1, 0.15) is 16.7 Å². The summed E-state index contributed by atoms with van der Waals surface area (Å²) in [5, 5.41) is 47.8. The SMILES string of the molecule is N#Cc1ccc(Cc2ccccc2O[C@H]2S[C@@H](CO)[C@@H](O)[C@H](O)[C@H]2O)cc1. The first-order valence-electron chi connectivity index (χ1n) is 8.57. The smallest absolute Gasteiger partial charge is 0.173 e. The van der Waals surface area contributed by atoms with E-state index in [2.05, 4.69) is 6.07 Å². The predicted molar refractivity (Wildman–Crippen MR) is 101 cm³/mol. The zero-order valence-electron chi connectivity index (χ0n) is 14.5. The Hall–Kier alpha value is -2.08. The molecule has 0 aromatic heterocycles. The highest BCUT2D eigenvalue weighted by Crippen LogP contribution is 2.35. The van der Waals surface area contributed by atoms with Crippen molar-refractivity contribution in [1.82, 2.24) is 0 Å². The third-order valence-electron chi connectivity index (χ3n) is 4.54. The lowest BCUT2D eigenvalue weighted by Crippen LogP contribution is -2.55. The van der Waals surface area contributed by atoms with Crippen LogP contribution in [0.25, 0.3) is 0 Å². The predicted octanol–water partition coefficient (Wildman–Crippen LogP) is 1.04. The van der Waals surface area contributed by atoms with Crippen molar-refractivity contribution in [3.8, 4) is 11.8 Å². The molecule has 3 rings (SSSR count). The number of nitrogens with zero attached hydrogens (tertiary/aromatic N) is 1. The van der Waals surface area contributed by atoms with Crippen LogP contribution in [0.2, 0.25) is 0 Å². The van der Waals surface area contributed by atoms with E-state index in [1.165, 1.54) is 0 Å². The minimum Gasteiger partial charge on any atom is -0.477 e. The van der Waals surface area contributed by atoms with E-state index in [1.54, 1.807) is 18.2 Å². The number of para-hydroxylation sites is 1. The zero-order valence-corrected chi connectivity index (χ0v) is 15.3. The second kappa shape index (κ2) is 8.74. The van der Waals surface area contributed by atoms with Gasteiger partial charge in [0, 0.05) is 6.42 Å².